The Balaban J connectivity index is 1.49. The van der Waals surface area contributed by atoms with E-state index >= 15 is 0 Å². The summed E-state index contributed by atoms with van der Waals surface area (Å²) in [6, 6.07) is 8.21. The molecule has 1 aliphatic heterocycles. The van der Waals surface area contributed by atoms with Crippen molar-refractivity contribution in [2.75, 3.05) is 19.7 Å². The SMILES string of the molecule is O=C(NCc1ccc(Cn2ccnc2)cc1)C1CNCCO1. The number of carbonyl (C=O) groups excluding carboxylic acids is 1. The number of morpholine rings is 1. The minimum Gasteiger partial charge on any atom is -0.366 e. The minimum absolute atomic E-state index is 0.0605. The predicted molar refractivity (Wildman–Crippen MR) is 82.2 cm³/mol. The van der Waals surface area contributed by atoms with E-state index in [1.54, 1.807) is 12.5 Å². The molecule has 6 nitrogen and oxygen atoms in total. The number of hydrogen-bond donors (Lipinski definition) is 2. The Kier molecular flexibility index (Phi) is 4.82. The van der Waals surface area contributed by atoms with Crippen LogP contribution in [0, 0.1) is 0 Å². The third-order valence-corrected chi connectivity index (χ3v) is 3.63. The summed E-state index contributed by atoms with van der Waals surface area (Å²) >= 11 is 0. The molecule has 2 heterocycles. The summed E-state index contributed by atoms with van der Waals surface area (Å²) < 4.78 is 7.44. The maximum Gasteiger partial charge on any atom is 0.250 e. The molecule has 1 amide bonds. The van der Waals surface area contributed by atoms with Crippen LogP contribution in [-0.2, 0) is 22.6 Å². The van der Waals surface area contributed by atoms with E-state index in [4.69, 9.17) is 4.74 Å². The summed E-state index contributed by atoms with van der Waals surface area (Å²) in [5.41, 5.74) is 2.28. The third kappa shape index (κ3) is 3.93. The summed E-state index contributed by atoms with van der Waals surface area (Å²) in [6.45, 7) is 3.29. The number of ether oxygens (including phenoxy) is 1. The number of nitrogens with zero attached hydrogens (tertiary/aromatic N) is 2. The lowest BCUT2D eigenvalue weighted by Crippen LogP contribution is -2.47. The first kappa shape index (κ1) is 14.7. The van der Waals surface area contributed by atoms with Crippen LogP contribution in [0.25, 0.3) is 0 Å². The Morgan fingerprint density at radius 3 is 2.86 bits per heavy atom. The second-order valence-electron chi connectivity index (χ2n) is 5.33. The molecule has 6 heteroatoms. The van der Waals surface area contributed by atoms with Crippen molar-refractivity contribution in [3.63, 3.8) is 0 Å². The van der Waals surface area contributed by atoms with Crippen molar-refractivity contribution in [2.24, 2.45) is 0 Å². The standard InChI is InChI=1S/C16H20N4O2/c21-16(15-10-17-6-8-22-15)19-9-13-1-3-14(4-2-13)11-20-7-5-18-12-20/h1-5,7,12,15,17H,6,8-11H2,(H,19,21). The summed E-state index contributed by atoms with van der Waals surface area (Å²) in [4.78, 5) is 16.0. The lowest BCUT2D eigenvalue weighted by atomic mass is 10.1. The first-order valence-electron chi connectivity index (χ1n) is 7.45. The van der Waals surface area contributed by atoms with Gasteiger partial charge in [0.05, 0.1) is 12.9 Å². The maximum atomic E-state index is 12.0. The molecule has 1 unspecified atom stereocenters. The van der Waals surface area contributed by atoms with Gasteiger partial charge in [0.25, 0.3) is 5.91 Å². The van der Waals surface area contributed by atoms with Gasteiger partial charge in [-0.3, -0.25) is 4.79 Å². The quantitative estimate of drug-likeness (QED) is 0.845. The van der Waals surface area contributed by atoms with Gasteiger partial charge in [-0.05, 0) is 11.1 Å². The summed E-state index contributed by atoms with van der Waals surface area (Å²) in [7, 11) is 0. The van der Waals surface area contributed by atoms with Gasteiger partial charge in [0.15, 0.2) is 0 Å². The van der Waals surface area contributed by atoms with Gasteiger partial charge in [0.1, 0.15) is 6.10 Å². The van der Waals surface area contributed by atoms with Crippen molar-refractivity contribution in [3.05, 3.63) is 54.1 Å². The second-order valence-corrected chi connectivity index (χ2v) is 5.33. The van der Waals surface area contributed by atoms with Crippen molar-refractivity contribution in [1.82, 2.24) is 20.2 Å². The van der Waals surface area contributed by atoms with Crippen molar-refractivity contribution in [1.29, 1.82) is 0 Å². The van der Waals surface area contributed by atoms with E-state index in [9.17, 15) is 4.79 Å². The van der Waals surface area contributed by atoms with Gasteiger partial charge in [0, 0.05) is 38.6 Å². The molecule has 22 heavy (non-hydrogen) atoms. The zero-order valence-electron chi connectivity index (χ0n) is 12.4. The fraction of sp³-hybridized carbons (Fsp3) is 0.375. The normalized spacial score (nSPS) is 18.1. The Morgan fingerprint density at radius 2 is 2.18 bits per heavy atom. The summed E-state index contributed by atoms with van der Waals surface area (Å²) in [6.07, 6.45) is 5.12. The molecule has 1 saturated heterocycles. The molecule has 0 aliphatic carbocycles. The van der Waals surface area contributed by atoms with Gasteiger partial charge < -0.3 is 19.9 Å². The topological polar surface area (TPSA) is 68.2 Å². The molecule has 2 N–H and O–H groups in total. The second kappa shape index (κ2) is 7.20. The zero-order valence-corrected chi connectivity index (χ0v) is 12.4. The highest BCUT2D eigenvalue weighted by atomic mass is 16.5. The lowest BCUT2D eigenvalue weighted by Gasteiger charge is -2.22. The van der Waals surface area contributed by atoms with Crippen LogP contribution >= 0.6 is 0 Å². The van der Waals surface area contributed by atoms with Gasteiger partial charge in [0.2, 0.25) is 0 Å². The summed E-state index contributed by atoms with van der Waals surface area (Å²) in [5, 5.41) is 6.06. The molecule has 0 saturated carbocycles. The molecule has 3 rings (SSSR count). The number of hydrogen-bond acceptors (Lipinski definition) is 4. The minimum atomic E-state index is -0.380. The van der Waals surface area contributed by atoms with Crippen LogP contribution in [-0.4, -0.2) is 41.3 Å². The van der Waals surface area contributed by atoms with E-state index in [1.807, 2.05) is 22.9 Å². The third-order valence-electron chi connectivity index (χ3n) is 3.63. The van der Waals surface area contributed by atoms with Gasteiger partial charge in [-0.25, -0.2) is 4.98 Å². The van der Waals surface area contributed by atoms with E-state index in [1.165, 1.54) is 5.56 Å². The number of nitrogens with one attached hydrogen (secondary N) is 2. The van der Waals surface area contributed by atoms with Crippen LogP contribution in [0.5, 0.6) is 0 Å². The fourth-order valence-electron chi connectivity index (χ4n) is 2.39. The average Bonchev–Trinajstić information content (AvgIpc) is 3.08. The number of rotatable bonds is 5. The van der Waals surface area contributed by atoms with Crippen molar-refractivity contribution in [2.45, 2.75) is 19.2 Å². The molecule has 1 aromatic carbocycles. The van der Waals surface area contributed by atoms with Gasteiger partial charge in [-0.2, -0.15) is 0 Å². The lowest BCUT2D eigenvalue weighted by molar-refractivity contribution is -0.134. The van der Waals surface area contributed by atoms with Crippen molar-refractivity contribution in [3.8, 4) is 0 Å². The van der Waals surface area contributed by atoms with Crippen LogP contribution in [0.2, 0.25) is 0 Å². The Morgan fingerprint density at radius 1 is 1.36 bits per heavy atom. The number of imidazole rings is 1. The van der Waals surface area contributed by atoms with E-state index in [-0.39, 0.29) is 12.0 Å². The van der Waals surface area contributed by atoms with Gasteiger partial charge >= 0.3 is 0 Å². The van der Waals surface area contributed by atoms with Crippen molar-refractivity contribution < 1.29 is 9.53 Å². The largest absolute Gasteiger partial charge is 0.366 e. The van der Waals surface area contributed by atoms with Gasteiger partial charge in [-0.1, -0.05) is 24.3 Å². The monoisotopic (exact) mass is 300 g/mol. The first-order chi connectivity index (χ1) is 10.8. The number of amides is 1. The van der Waals surface area contributed by atoms with Crippen LogP contribution in [0.3, 0.4) is 0 Å². The maximum absolute atomic E-state index is 12.0. The molecular weight excluding hydrogens is 280 g/mol. The molecule has 1 fully saturated rings. The Hall–Kier alpha value is -2.18. The van der Waals surface area contributed by atoms with E-state index in [0.29, 0.717) is 19.7 Å². The molecule has 0 radical (unpaired) electrons. The highest BCUT2D eigenvalue weighted by Crippen LogP contribution is 2.07. The average molecular weight is 300 g/mol. The smallest absolute Gasteiger partial charge is 0.250 e. The van der Waals surface area contributed by atoms with Crippen molar-refractivity contribution >= 4 is 5.91 Å². The highest BCUT2D eigenvalue weighted by Gasteiger charge is 2.21. The Bertz CT molecular complexity index is 589. The molecule has 1 atom stereocenters. The molecular formula is C16H20N4O2. The zero-order chi connectivity index (χ0) is 15.2. The van der Waals surface area contributed by atoms with Crippen LogP contribution in [0.4, 0.5) is 0 Å². The number of benzene rings is 1. The van der Waals surface area contributed by atoms with Crippen LogP contribution < -0.4 is 10.6 Å². The predicted octanol–water partition coefficient (Wildman–Crippen LogP) is 0.536. The Labute approximate surface area is 129 Å². The number of carbonyl (C=O) groups is 1. The molecule has 1 aliphatic rings. The van der Waals surface area contributed by atoms with E-state index in [0.717, 1.165) is 18.7 Å². The molecule has 116 valence electrons. The van der Waals surface area contributed by atoms with E-state index in [2.05, 4.69) is 27.8 Å². The highest BCUT2D eigenvalue weighted by molar-refractivity contribution is 5.81. The summed E-state index contributed by atoms with van der Waals surface area (Å²) in [5.74, 6) is -0.0605. The van der Waals surface area contributed by atoms with Crippen LogP contribution in [0.15, 0.2) is 43.0 Å². The number of aromatic nitrogens is 2. The van der Waals surface area contributed by atoms with Crippen LogP contribution in [0.1, 0.15) is 11.1 Å². The molecule has 0 bridgehead atoms. The van der Waals surface area contributed by atoms with E-state index < -0.39 is 0 Å². The fourth-order valence-corrected chi connectivity index (χ4v) is 2.39. The molecule has 0 spiro atoms. The van der Waals surface area contributed by atoms with Gasteiger partial charge in [-0.15, -0.1) is 0 Å². The first-order valence-corrected chi connectivity index (χ1v) is 7.45. The molecule has 2 aromatic rings. The molecule has 1 aromatic heterocycles.